The SMILES string of the molecule is Cc1cccc(OCC(=O)OCC(=O)N2CCC(Cc3ccccc3)CC2)c1. The predicted octanol–water partition coefficient (Wildman–Crippen LogP) is 3.40. The lowest BCUT2D eigenvalue weighted by molar-refractivity contribution is -0.154. The Balaban J connectivity index is 1.34. The van der Waals surface area contributed by atoms with Crippen LogP contribution in [0.4, 0.5) is 0 Å². The monoisotopic (exact) mass is 381 g/mol. The second kappa shape index (κ2) is 9.93. The highest BCUT2D eigenvalue weighted by Crippen LogP contribution is 2.21. The normalized spacial score (nSPS) is 14.5. The number of likely N-dealkylation sites (tertiary alicyclic amines) is 1. The average molecular weight is 381 g/mol. The molecule has 0 atom stereocenters. The van der Waals surface area contributed by atoms with Gasteiger partial charge in [0.25, 0.3) is 5.91 Å². The number of aryl methyl sites for hydroxylation is 1. The summed E-state index contributed by atoms with van der Waals surface area (Å²) >= 11 is 0. The Hall–Kier alpha value is -2.82. The molecular formula is C23H27NO4. The summed E-state index contributed by atoms with van der Waals surface area (Å²) in [5, 5.41) is 0. The van der Waals surface area contributed by atoms with Crippen LogP contribution in [-0.2, 0) is 20.7 Å². The minimum absolute atomic E-state index is 0.137. The van der Waals surface area contributed by atoms with E-state index in [0.717, 1.165) is 24.8 Å². The quantitative estimate of drug-likeness (QED) is 0.690. The molecule has 0 aromatic heterocycles. The standard InChI is InChI=1S/C23H27NO4/c1-18-6-5-9-21(14-18)27-17-23(26)28-16-22(25)24-12-10-20(11-13-24)15-19-7-3-2-4-8-19/h2-9,14,20H,10-13,15-17H2,1H3. The minimum atomic E-state index is -0.534. The summed E-state index contributed by atoms with van der Waals surface area (Å²) in [6.07, 6.45) is 3.00. The molecule has 1 aliphatic rings. The fraction of sp³-hybridized carbons (Fsp3) is 0.391. The molecule has 0 N–H and O–H groups in total. The second-order valence-corrected chi connectivity index (χ2v) is 7.28. The Bertz CT molecular complexity index is 782. The van der Waals surface area contributed by atoms with Crippen LogP contribution in [0.3, 0.4) is 0 Å². The summed E-state index contributed by atoms with van der Waals surface area (Å²) in [7, 11) is 0. The van der Waals surface area contributed by atoms with E-state index in [1.807, 2.05) is 31.2 Å². The van der Waals surface area contributed by atoms with E-state index in [4.69, 9.17) is 9.47 Å². The lowest BCUT2D eigenvalue weighted by Gasteiger charge is -2.32. The number of ether oxygens (including phenoxy) is 2. The number of hydrogen-bond acceptors (Lipinski definition) is 4. The number of carbonyl (C=O) groups is 2. The molecule has 2 aromatic carbocycles. The molecule has 5 heteroatoms. The zero-order chi connectivity index (χ0) is 19.8. The number of rotatable bonds is 7. The van der Waals surface area contributed by atoms with Gasteiger partial charge in [-0.2, -0.15) is 0 Å². The summed E-state index contributed by atoms with van der Waals surface area (Å²) in [5.74, 6) is 0.538. The summed E-state index contributed by atoms with van der Waals surface area (Å²) in [4.78, 5) is 25.9. The van der Waals surface area contributed by atoms with Gasteiger partial charge in [0.1, 0.15) is 5.75 Å². The summed E-state index contributed by atoms with van der Waals surface area (Å²) in [5.41, 5.74) is 2.39. The number of piperidine rings is 1. The van der Waals surface area contributed by atoms with Gasteiger partial charge in [0.2, 0.25) is 0 Å². The van der Waals surface area contributed by atoms with E-state index >= 15 is 0 Å². The summed E-state index contributed by atoms with van der Waals surface area (Å²) in [6.45, 7) is 2.96. The molecule has 0 aliphatic carbocycles. The molecule has 0 unspecified atom stereocenters. The molecule has 0 bridgehead atoms. The summed E-state index contributed by atoms with van der Waals surface area (Å²) < 4.78 is 10.5. The van der Waals surface area contributed by atoms with Gasteiger partial charge >= 0.3 is 5.97 Å². The minimum Gasteiger partial charge on any atom is -0.482 e. The van der Waals surface area contributed by atoms with Crippen LogP contribution in [0.2, 0.25) is 0 Å². The highest BCUT2D eigenvalue weighted by molar-refractivity contribution is 5.81. The van der Waals surface area contributed by atoms with Crippen molar-refractivity contribution < 1.29 is 19.1 Å². The van der Waals surface area contributed by atoms with Crippen LogP contribution in [0.15, 0.2) is 54.6 Å². The van der Waals surface area contributed by atoms with Crippen LogP contribution in [0, 0.1) is 12.8 Å². The highest BCUT2D eigenvalue weighted by Gasteiger charge is 2.23. The molecule has 1 fully saturated rings. The first-order valence-corrected chi connectivity index (χ1v) is 9.77. The van der Waals surface area contributed by atoms with E-state index in [1.165, 1.54) is 5.56 Å². The van der Waals surface area contributed by atoms with Crippen LogP contribution >= 0.6 is 0 Å². The number of hydrogen-bond donors (Lipinski definition) is 0. The van der Waals surface area contributed by atoms with Crippen molar-refractivity contribution in [2.75, 3.05) is 26.3 Å². The Kier molecular flexibility index (Phi) is 7.06. The molecule has 2 aromatic rings. The molecule has 1 aliphatic heterocycles. The first kappa shape index (κ1) is 19.9. The van der Waals surface area contributed by atoms with Crippen molar-refractivity contribution in [1.82, 2.24) is 4.90 Å². The Morgan fingerprint density at radius 1 is 1.00 bits per heavy atom. The number of benzene rings is 2. The van der Waals surface area contributed by atoms with Gasteiger partial charge in [0, 0.05) is 13.1 Å². The summed E-state index contributed by atoms with van der Waals surface area (Å²) in [6, 6.07) is 17.9. The average Bonchev–Trinajstić information content (AvgIpc) is 2.72. The molecule has 1 saturated heterocycles. The van der Waals surface area contributed by atoms with Crippen molar-refractivity contribution in [3.8, 4) is 5.75 Å². The van der Waals surface area contributed by atoms with Gasteiger partial charge < -0.3 is 14.4 Å². The fourth-order valence-corrected chi connectivity index (χ4v) is 3.46. The van der Waals surface area contributed by atoms with Crippen molar-refractivity contribution in [2.45, 2.75) is 26.2 Å². The highest BCUT2D eigenvalue weighted by atomic mass is 16.6. The van der Waals surface area contributed by atoms with Gasteiger partial charge in [-0.1, -0.05) is 42.5 Å². The third-order valence-electron chi connectivity index (χ3n) is 5.04. The Labute approximate surface area is 166 Å². The first-order valence-electron chi connectivity index (χ1n) is 9.77. The zero-order valence-corrected chi connectivity index (χ0v) is 16.3. The van der Waals surface area contributed by atoms with E-state index in [9.17, 15) is 9.59 Å². The lowest BCUT2D eigenvalue weighted by atomic mass is 9.90. The van der Waals surface area contributed by atoms with E-state index in [2.05, 4.69) is 24.3 Å². The van der Waals surface area contributed by atoms with E-state index < -0.39 is 5.97 Å². The van der Waals surface area contributed by atoms with Crippen LogP contribution in [-0.4, -0.2) is 43.1 Å². The third kappa shape index (κ3) is 6.12. The smallest absolute Gasteiger partial charge is 0.344 e. The number of nitrogens with zero attached hydrogens (tertiary/aromatic N) is 1. The fourth-order valence-electron chi connectivity index (χ4n) is 3.46. The molecular weight excluding hydrogens is 354 g/mol. The van der Waals surface area contributed by atoms with E-state index in [0.29, 0.717) is 24.8 Å². The maximum Gasteiger partial charge on any atom is 0.344 e. The topological polar surface area (TPSA) is 55.8 Å². The Morgan fingerprint density at radius 2 is 1.75 bits per heavy atom. The van der Waals surface area contributed by atoms with Gasteiger partial charge in [-0.05, 0) is 55.4 Å². The molecule has 3 rings (SSSR count). The molecule has 148 valence electrons. The van der Waals surface area contributed by atoms with Gasteiger partial charge in [-0.25, -0.2) is 4.79 Å². The molecule has 28 heavy (non-hydrogen) atoms. The van der Waals surface area contributed by atoms with E-state index in [1.54, 1.807) is 11.0 Å². The predicted molar refractivity (Wildman–Crippen MR) is 107 cm³/mol. The second-order valence-electron chi connectivity index (χ2n) is 7.28. The lowest BCUT2D eigenvalue weighted by Crippen LogP contribution is -2.41. The van der Waals surface area contributed by atoms with Crippen molar-refractivity contribution >= 4 is 11.9 Å². The van der Waals surface area contributed by atoms with Crippen LogP contribution < -0.4 is 4.74 Å². The third-order valence-corrected chi connectivity index (χ3v) is 5.04. The maximum absolute atomic E-state index is 12.3. The van der Waals surface area contributed by atoms with Crippen molar-refractivity contribution in [3.63, 3.8) is 0 Å². The molecule has 1 heterocycles. The van der Waals surface area contributed by atoms with Crippen molar-refractivity contribution in [2.24, 2.45) is 5.92 Å². The van der Waals surface area contributed by atoms with Crippen molar-refractivity contribution in [1.29, 1.82) is 0 Å². The van der Waals surface area contributed by atoms with Gasteiger partial charge in [-0.3, -0.25) is 4.79 Å². The molecule has 0 radical (unpaired) electrons. The van der Waals surface area contributed by atoms with Gasteiger partial charge in [0.05, 0.1) is 0 Å². The van der Waals surface area contributed by atoms with E-state index in [-0.39, 0.29) is 19.1 Å². The molecule has 0 spiro atoms. The molecule has 1 amide bonds. The van der Waals surface area contributed by atoms with Crippen molar-refractivity contribution in [3.05, 3.63) is 65.7 Å². The van der Waals surface area contributed by atoms with Gasteiger partial charge in [0.15, 0.2) is 13.2 Å². The molecule has 5 nitrogen and oxygen atoms in total. The van der Waals surface area contributed by atoms with Gasteiger partial charge in [-0.15, -0.1) is 0 Å². The van der Waals surface area contributed by atoms with Crippen LogP contribution in [0.5, 0.6) is 5.75 Å². The number of amides is 1. The number of carbonyl (C=O) groups excluding carboxylic acids is 2. The largest absolute Gasteiger partial charge is 0.482 e. The van der Waals surface area contributed by atoms with Crippen LogP contribution in [0.25, 0.3) is 0 Å². The maximum atomic E-state index is 12.3. The van der Waals surface area contributed by atoms with Crippen LogP contribution in [0.1, 0.15) is 24.0 Å². The molecule has 0 saturated carbocycles. The first-order chi connectivity index (χ1) is 13.6. The Morgan fingerprint density at radius 3 is 2.46 bits per heavy atom. The zero-order valence-electron chi connectivity index (χ0n) is 16.3. The number of esters is 1.